The minimum atomic E-state index is -0.0808. The predicted octanol–water partition coefficient (Wildman–Crippen LogP) is 3.84. The summed E-state index contributed by atoms with van der Waals surface area (Å²) in [6.07, 6.45) is 2.34. The number of amides is 1. The molecule has 5 heteroatoms. The quantitative estimate of drug-likeness (QED) is 0.907. The van der Waals surface area contributed by atoms with Crippen molar-refractivity contribution in [3.05, 3.63) is 42.1 Å². The van der Waals surface area contributed by atoms with Gasteiger partial charge in [-0.15, -0.1) is 0 Å². The molecule has 0 bridgehead atoms. The molecule has 26 heavy (non-hydrogen) atoms. The second-order valence-electron chi connectivity index (χ2n) is 8.42. The van der Waals surface area contributed by atoms with Gasteiger partial charge in [-0.1, -0.05) is 45.9 Å². The number of hydrogen-bond donors (Lipinski definition) is 1. The van der Waals surface area contributed by atoms with Crippen molar-refractivity contribution in [3.8, 4) is 5.69 Å². The van der Waals surface area contributed by atoms with Gasteiger partial charge in [0.05, 0.1) is 17.9 Å². The molecule has 0 saturated carbocycles. The Morgan fingerprint density at radius 1 is 1.19 bits per heavy atom. The number of rotatable bonds is 4. The van der Waals surface area contributed by atoms with E-state index in [0.29, 0.717) is 6.54 Å². The summed E-state index contributed by atoms with van der Waals surface area (Å²) < 4.78 is 1.83. The summed E-state index contributed by atoms with van der Waals surface area (Å²) in [5.74, 6) is 1.52. The molecule has 1 N–H and O–H groups in total. The highest BCUT2D eigenvalue weighted by molar-refractivity contribution is 5.91. The normalized spacial score (nSPS) is 16.6. The number of hydrogen-bond acceptors (Lipinski definition) is 3. The molecule has 0 spiro atoms. The molecule has 0 aliphatic carbocycles. The van der Waals surface area contributed by atoms with Crippen molar-refractivity contribution < 1.29 is 4.79 Å². The number of anilines is 1. The lowest BCUT2D eigenvalue weighted by atomic mass is 9.92. The Labute approximate surface area is 156 Å². The van der Waals surface area contributed by atoms with Gasteiger partial charge in [-0.3, -0.25) is 9.69 Å². The van der Waals surface area contributed by atoms with E-state index in [0.717, 1.165) is 36.2 Å². The average Bonchev–Trinajstić information content (AvgIpc) is 3.02. The van der Waals surface area contributed by atoms with Gasteiger partial charge in [-0.05, 0) is 44.0 Å². The monoisotopic (exact) mass is 354 g/mol. The molecule has 0 atom stereocenters. The van der Waals surface area contributed by atoms with Crippen LogP contribution in [0.1, 0.15) is 46.2 Å². The molecule has 5 nitrogen and oxygen atoms in total. The van der Waals surface area contributed by atoms with E-state index >= 15 is 0 Å². The number of carbonyl (C=O) groups is 1. The number of carbonyl (C=O) groups excluding carboxylic acids is 1. The van der Waals surface area contributed by atoms with Crippen LogP contribution in [0.4, 0.5) is 5.82 Å². The van der Waals surface area contributed by atoms with Gasteiger partial charge in [0.15, 0.2) is 0 Å². The van der Waals surface area contributed by atoms with Crippen molar-refractivity contribution in [1.29, 1.82) is 0 Å². The SMILES string of the molecule is CC1CCN(CC(=O)Nc2cc(C(C)(C)C)nn2-c2ccccc2)CC1. The molecule has 1 aromatic heterocycles. The van der Waals surface area contributed by atoms with E-state index in [4.69, 9.17) is 5.10 Å². The maximum absolute atomic E-state index is 12.6. The fourth-order valence-corrected chi connectivity index (χ4v) is 3.21. The summed E-state index contributed by atoms with van der Waals surface area (Å²) in [5, 5.41) is 7.83. The minimum absolute atomic E-state index is 0.0251. The minimum Gasteiger partial charge on any atom is -0.309 e. The van der Waals surface area contributed by atoms with Crippen molar-refractivity contribution in [2.45, 2.75) is 46.0 Å². The first-order valence-electron chi connectivity index (χ1n) is 9.51. The summed E-state index contributed by atoms with van der Waals surface area (Å²) in [7, 11) is 0. The van der Waals surface area contributed by atoms with Crippen LogP contribution in [-0.2, 0) is 10.2 Å². The lowest BCUT2D eigenvalue weighted by molar-refractivity contribution is -0.117. The van der Waals surface area contributed by atoms with Gasteiger partial charge in [0, 0.05) is 11.5 Å². The molecular formula is C21H30N4O. The Morgan fingerprint density at radius 3 is 2.46 bits per heavy atom. The lowest BCUT2D eigenvalue weighted by Crippen LogP contribution is -2.38. The number of aromatic nitrogens is 2. The zero-order chi connectivity index (χ0) is 18.7. The van der Waals surface area contributed by atoms with Crippen LogP contribution in [0.3, 0.4) is 0 Å². The highest BCUT2D eigenvalue weighted by atomic mass is 16.2. The zero-order valence-electron chi connectivity index (χ0n) is 16.3. The van der Waals surface area contributed by atoms with E-state index < -0.39 is 0 Å². The summed E-state index contributed by atoms with van der Waals surface area (Å²) >= 11 is 0. The van der Waals surface area contributed by atoms with E-state index in [1.807, 2.05) is 41.1 Å². The number of likely N-dealkylation sites (tertiary alicyclic amines) is 1. The Kier molecular flexibility index (Phi) is 5.47. The number of nitrogens with zero attached hydrogens (tertiary/aromatic N) is 3. The molecule has 1 amide bonds. The summed E-state index contributed by atoms with van der Waals surface area (Å²) in [6, 6.07) is 11.9. The number of para-hydroxylation sites is 1. The molecule has 1 fully saturated rings. The van der Waals surface area contributed by atoms with Crippen LogP contribution in [0.25, 0.3) is 5.69 Å². The second kappa shape index (κ2) is 7.62. The summed E-state index contributed by atoms with van der Waals surface area (Å²) in [4.78, 5) is 14.9. The van der Waals surface area contributed by atoms with E-state index in [1.165, 1.54) is 12.8 Å². The molecule has 1 saturated heterocycles. The van der Waals surface area contributed by atoms with Gasteiger partial charge < -0.3 is 5.32 Å². The van der Waals surface area contributed by atoms with E-state index in [9.17, 15) is 4.79 Å². The van der Waals surface area contributed by atoms with Gasteiger partial charge in [-0.2, -0.15) is 5.10 Å². The van der Waals surface area contributed by atoms with Crippen molar-refractivity contribution >= 4 is 11.7 Å². The number of benzene rings is 1. The predicted molar refractivity (Wildman–Crippen MR) is 106 cm³/mol. The van der Waals surface area contributed by atoms with Crippen molar-refractivity contribution in [2.24, 2.45) is 5.92 Å². The molecule has 2 aromatic rings. The Bertz CT molecular complexity index is 737. The second-order valence-corrected chi connectivity index (χ2v) is 8.42. The molecule has 140 valence electrons. The lowest BCUT2D eigenvalue weighted by Gasteiger charge is -2.29. The summed E-state index contributed by atoms with van der Waals surface area (Å²) in [5.41, 5.74) is 1.83. The highest BCUT2D eigenvalue weighted by Gasteiger charge is 2.23. The fourth-order valence-electron chi connectivity index (χ4n) is 3.21. The average molecular weight is 354 g/mol. The topological polar surface area (TPSA) is 50.2 Å². The van der Waals surface area contributed by atoms with Gasteiger partial charge in [0.2, 0.25) is 5.91 Å². The highest BCUT2D eigenvalue weighted by Crippen LogP contribution is 2.26. The van der Waals surface area contributed by atoms with Crippen molar-refractivity contribution in [2.75, 3.05) is 25.0 Å². The first-order valence-corrected chi connectivity index (χ1v) is 9.51. The molecular weight excluding hydrogens is 324 g/mol. The van der Waals surface area contributed by atoms with Crippen molar-refractivity contribution in [3.63, 3.8) is 0 Å². The third-order valence-electron chi connectivity index (χ3n) is 4.99. The maximum atomic E-state index is 12.6. The van der Waals surface area contributed by atoms with Gasteiger partial charge >= 0.3 is 0 Å². The molecule has 3 rings (SSSR count). The van der Waals surface area contributed by atoms with Crippen molar-refractivity contribution in [1.82, 2.24) is 14.7 Å². The van der Waals surface area contributed by atoms with Crippen LogP contribution in [0.2, 0.25) is 0 Å². The largest absolute Gasteiger partial charge is 0.309 e. The molecule has 1 aromatic carbocycles. The third kappa shape index (κ3) is 4.52. The molecule has 1 aliphatic rings. The molecule has 0 unspecified atom stereocenters. The van der Waals surface area contributed by atoms with E-state index in [-0.39, 0.29) is 11.3 Å². The Hall–Kier alpha value is -2.14. The summed E-state index contributed by atoms with van der Waals surface area (Å²) in [6.45, 7) is 11.1. The maximum Gasteiger partial charge on any atom is 0.239 e. The zero-order valence-corrected chi connectivity index (χ0v) is 16.3. The van der Waals surface area contributed by atoms with Gasteiger partial charge in [0.25, 0.3) is 0 Å². The van der Waals surface area contributed by atoms with E-state index in [1.54, 1.807) is 0 Å². The van der Waals surface area contributed by atoms with Gasteiger partial charge in [0.1, 0.15) is 5.82 Å². The number of piperidine rings is 1. The Morgan fingerprint density at radius 2 is 1.85 bits per heavy atom. The molecule has 2 heterocycles. The first-order chi connectivity index (χ1) is 12.3. The van der Waals surface area contributed by atoms with Crippen LogP contribution >= 0.6 is 0 Å². The van der Waals surface area contributed by atoms with Crippen LogP contribution in [0.15, 0.2) is 36.4 Å². The van der Waals surface area contributed by atoms with Crippen LogP contribution in [0.5, 0.6) is 0 Å². The molecule has 1 aliphatic heterocycles. The fraction of sp³-hybridized carbons (Fsp3) is 0.524. The van der Waals surface area contributed by atoms with Gasteiger partial charge in [-0.25, -0.2) is 4.68 Å². The Balaban J connectivity index is 1.77. The van der Waals surface area contributed by atoms with Crippen LogP contribution < -0.4 is 5.32 Å². The smallest absolute Gasteiger partial charge is 0.239 e. The number of nitrogens with one attached hydrogen (secondary N) is 1. The van der Waals surface area contributed by atoms with Crippen LogP contribution in [0, 0.1) is 5.92 Å². The first kappa shape index (κ1) is 18.6. The molecule has 0 radical (unpaired) electrons. The standard InChI is InChI=1S/C21H30N4O/c1-16-10-12-24(13-11-16)15-20(26)22-19-14-18(21(2,3)4)23-25(19)17-8-6-5-7-9-17/h5-9,14,16H,10-13,15H2,1-4H3,(H,22,26). The van der Waals surface area contributed by atoms with E-state index in [2.05, 4.69) is 37.9 Å². The third-order valence-corrected chi connectivity index (χ3v) is 4.99. The van der Waals surface area contributed by atoms with Crippen LogP contribution in [-0.4, -0.2) is 40.2 Å².